The fraction of sp³-hybridized carbons (Fsp3) is 0.722. The highest BCUT2D eigenvalue weighted by atomic mass is 16.5. The Morgan fingerprint density at radius 1 is 1.12 bits per heavy atom. The largest absolute Gasteiger partial charge is 0.368 e. The minimum Gasteiger partial charge on any atom is -0.368 e. The van der Waals surface area contributed by atoms with Crippen LogP contribution >= 0.6 is 0 Å². The van der Waals surface area contributed by atoms with E-state index in [1.54, 1.807) is 6.33 Å². The number of hydrogen-bond donors (Lipinski definition) is 1. The lowest BCUT2D eigenvalue weighted by molar-refractivity contribution is -0.130. The molecule has 1 amide bonds. The third-order valence-electron chi connectivity index (χ3n) is 5.47. The number of nitrogens with zero attached hydrogens (tertiary/aromatic N) is 3. The third kappa shape index (κ3) is 3.24. The van der Waals surface area contributed by atoms with Gasteiger partial charge in [-0.25, -0.2) is 9.97 Å². The Labute approximate surface area is 143 Å². The highest BCUT2D eigenvalue weighted by molar-refractivity contribution is 5.81. The van der Waals surface area contributed by atoms with Crippen LogP contribution in [-0.4, -0.2) is 47.7 Å². The molecule has 3 aliphatic rings. The topological polar surface area (TPSA) is 67.4 Å². The summed E-state index contributed by atoms with van der Waals surface area (Å²) in [6.45, 7) is 2.61. The highest BCUT2D eigenvalue weighted by Crippen LogP contribution is 2.28. The fourth-order valence-corrected chi connectivity index (χ4v) is 4.09. The summed E-state index contributed by atoms with van der Waals surface area (Å²) in [5, 5.41) is 3.17. The van der Waals surface area contributed by atoms with Crippen molar-refractivity contribution in [3.8, 4) is 0 Å². The van der Waals surface area contributed by atoms with Crippen LogP contribution in [-0.2, 0) is 22.4 Å². The molecule has 0 spiro atoms. The molecular formula is C18H26N4O2. The molecule has 0 bridgehead atoms. The van der Waals surface area contributed by atoms with Crippen LogP contribution in [0.5, 0.6) is 0 Å². The summed E-state index contributed by atoms with van der Waals surface area (Å²) in [5.74, 6) is 1.20. The number of aromatic nitrogens is 2. The smallest absolute Gasteiger partial charge is 0.249 e. The van der Waals surface area contributed by atoms with Crippen molar-refractivity contribution in [1.82, 2.24) is 15.3 Å². The van der Waals surface area contributed by atoms with Crippen LogP contribution < -0.4 is 10.2 Å². The first kappa shape index (κ1) is 15.8. The molecule has 130 valence electrons. The Kier molecular flexibility index (Phi) is 4.65. The van der Waals surface area contributed by atoms with Crippen molar-refractivity contribution >= 4 is 11.7 Å². The summed E-state index contributed by atoms with van der Waals surface area (Å²) in [4.78, 5) is 23.6. The van der Waals surface area contributed by atoms with Crippen molar-refractivity contribution in [2.24, 2.45) is 0 Å². The molecule has 6 nitrogen and oxygen atoms in total. The number of amides is 1. The monoisotopic (exact) mass is 330 g/mol. The number of nitrogens with one attached hydrogen (secondary N) is 1. The summed E-state index contributed by atoms with van der Waals surface area (Å²) in [6.07, 6.45) is 9.94. The van der Waals surface area contributed by atoms with Crippen molar-refractivity contribution in [3.63, 3.8) is 0 Å². The fourth-order valence-electron chi connectivity index (χ4n) is 4.09. The van der Waals surface area contributed by atoms with Crippen LogP contribution in [0, 0.1) is 0 Å². The van der Waals surface area contributed by atoms with Gasteiger partial charge in [-0.3, -0.25) is 4.79 Å². The van der Waals surface area contributed by atoms with E-state index >= 15 is 0 Å². The van der Waals surface area contributed by atoms with E-state index in [1.165, 1.54) is 24.1 Å². The second kappa shape index (κ2) is 7.05. The van der Waals surface area contributed by atoms with E-state index < -0.39 is 0 Å². The van der Waals surface area contributed by atoms with E-state index in [9.17, 15) is 4.79 Å². The normalized spacial score (nSPS) is 24.7. The van der Waals surface area contributed by atoms with Gasteiger partial charge in [0.05, 0.1) is 0 Å². The van der Waals surface area contributed by atoms with E-state index in [4.69, 9.17) is 4.74 Å². The zero-order chi connectivity index (χ0) is 16.4. The molecule has 24 heavy (non-hydrogen) atoms. The predicted octanol–water partition coefficient (Wildman–Crippen LogP) is 1.62. The molecule has 6 heteroatoms. The minimum atomic E-state index is -0.225. The van der Waals surface area contributed by atoms with E-state index in [0.717, 1.165) is 64.0 Å². The quantitative estimate of drug-likeness (QED) is 0.912. The average Bonchev–Trinajstić information content (AvgIpc) is 3.17. The van der Waals surface area contributed by atoms with Crippen molar-refractivity contribution in [3.05, 3.63) is 17.6 Å². The van der Waals surface area contributed by atoms with Gasteiger partial charge in [0.15, 0.2) is 0 Å². The van der Waals surface area contributed by atoms with E-state index in [1.807, 2.05) is 0 Å². The average molecular weight is 330 g/mol. The molecule has 1 aromatic rings. The molecular weight excluding hydrogens is 304 g/mol. The van der Waals surface area contributed by atoms with Gasteiger partial charge < -0.3 is 15.0 Å². The molecule has 0 aromatic carbocycles. The van der Waals surface area contributed by atoms with Gasteiger partial charge in [0.25, 0.3) is 0 Å². The standard InChI is InChI=1S/C18H26N4O2/c23-18(16-6-3-11-24-16)21-13-7-9-22(10-8-13)17-14-4-1-2-5-15(14)19-12-20-17/h12-13,16H,1-11H2,(H,21,23). The van der Waals surface area contributed by atoms with Gasteiger partial charge in [0.1, 0.15) is 18.2 Å². The lowest BCUT2D eigenvalue weighted by atomic mass is 9.95. The zero-order valence-corrected chi connectivity index (χ0v) is 14.2. The highest BCUT2D eigenvalue weighted by Gasteiger charge is 2.28. The molecule has 3 heterocycles. The van der Waals surface area contributed by atoms with Crippen LogP contribution in [0.4, 0.5) is 5.82 Å². The van der Waals surface area contributed by atoms with Gasteiger partial charge in [-0.2, -0.15) is 0 Å². The predicted molar refractivity (Wildman–Crippen MR) is 91.0 cm³/mol. The maximum Gasteiger partial charge on any atom is 0.249 e. The number of rotatable bonds is 3. The first-order chi connectivity index (χ1) is 11.8. The molecule has 1 atom stereocenters. The van der Waals surface area contributed by atoms with Gasteiger partial charge >= 0.3 is 0 Å². The maximum atomic E-state index is 12.2. The summed E-state index contributed by atoms with van der Waals surface area (Å²) in [7, 11) is 0. The Morgan fingerprint density at radius 2 is 1.96 bits per heavy atom. The lowest BCUT2D eigenvalue weighted by Crippen LogP contribution is -2.47. The number of carbonyl (C=O) groups is 1. The molecule has 0 radical (unpaired) electrons. The van der Waals surface area contributed by atoms with Crippen molar-refractivity contribution in [2.75, 3.05) is 24.6 Å². The SMILES string of the molecule is O=C(NC1CCN(c2ncnc3c2CCCC3)CC1)C1CCCO1. The molecule has 1 N–H and O–H groups in total. The number of anilines is 1. The maximum absolute atomic E-state index is 12.2. The van der Waals surface area contributed by atoms with Gasteiger partial charge in [-0.05, 0) is 51.4 Å². The summed E-state index contributed by atoms with van der Waals surface area (Å²) >= 11 is 0. The van der Waals surface area contributed by atoms with Crippen molar-refractivity contribution in [1.29, 1.82) is 0 Å². The molecule has 2 aliphatic heterocycles. The number of carbonyl (C=O) groups excluding carboxylic acids is 1. The van der Waals surface area contributed by atoms with E-state index in [0.29, 0.717) is 0 Å². The molecule has 1 unspecified atom stereocenters. The molecule has 2 fully saturated rings. The van der Waals surface area contributed by atoms with Gasteiger partial charge in [0, 0.05) is 37.0 Å². The van der Waals surface area contributed by atoms with Crippen molar-refractivity contribution in [2.45, 2.75) is 63.5 Å². The van der Waals surface area contributed by atoms with Crippen molar-refractivity contribution < 1.29 is 9.53 Å². The van der Waals surface area contributed by atoms with Gasteiger partial charge in [0.2, 0.25) is 5.91 Å². The number of aryl methyl sites for hydroxylation is 1. The summed E-state index contributed by atoms with van der Waals surface area (Å²) in [5.41, 5.74) is 2.59. The van der Waals surface area contributed by atoms with Crippen LogP contribution in [0.15, 0.2) is 6.33 Å². The van der Waals surface area contributed by atoms with Crippen LogP contribution in [0.1, 0.15) is 49.8 Å². The van der Waals surface area contributed by atoms with Crippen LogP contribution in [0.3, 0.4) is 0 Å². The zero-order valence-electron chi connectivity index (χ0n) is 14.2. The molecule has 1 aliphatic carbocycles. The second-order valence-corrected chi connectivity index (χ2v) is 7.10. The first-order valence-corrected chi connectivity index (χ1v) is 9.31. The van der Waals surface area contributed by atoms with Crippen LogP contribution in [0.2, 0.25) is 0 Å². The molecule has 1 aromatic heterocycles. The van der Waals surface area contributed by atoms with E-state index in [2.05, 4.69) is 20.2 Å². The number of ether oxygens (including phenoxy) is 1. The molecule has 2 saturated heterocycles. The Hall–Kier alpha value is -1.69. The number of fused-ring (bicyclic) bond motifs is 1. The number of piperidine rings is 1. The first-order valence-electron chi connectivity index (χ1n) is 9.31. The second-order valence-electron chi connectivity index (χ2n) is 7.10. The Balaban J connectivity index is 1.35. The molecule has 0 saturated carbocycles. The van der Waals surface area contributed by atoms with E-state index in [-0.39, 0.29) is 18.1 Å². The Morgan fingerprint density at radius 3 is 2.75 bits per heavy atom. The third-order valence-corrected chi connectivity index (χ3v) is 5.47. The molecule has 4 rings (SSSR count). The summed E-state index contributed by atoms with van der Waals surface area (Å²) < 4.78 is 5.47. The van der Waals surface area contributed by atoms with Crippen LogP contribution in [0.25, 0.3) is 0 Å². The Bertz CT molecular complexity index is 593. The minimum absolute atomic E-state index is 0.0744. The number of hydrogen-bond acceptors (Lipinski definition) is 5. The lowest BCUT2D eigenvalue weighted by Gasteiger charge is -2.35. The van der Waals surface area contributed by atoms with Gasteiger partial charge in [-0.1, -0.05) is 0 Å². The summed E-state index contributed by atoms with van der Waals surface area (Å²) in [6, 6.07) is 0.260. The van der Waals surface area contributed by atoms with Gasteiger partial charge in [-0.15, -0.1) is 0 Å².